The molecule has 0 aliphatic carbocycles. The van der Waals surface area contributed by atoms with E-state index in [9.17, 15) is 4.39 Å². The highest BCUT2D eigenvalue weighted by molar-refractivity contribution is 5.41. The van der Waals surface area contributed by atoms with E-state index in [0.29, 0.717) is 5.69 Å². The van der Waals surface area contributed by atoms with Gasteiger partial charge in [0.15, 0.2) is 5.82 Å². The van der Waals surface area contributed by atoms with Crippen molar-refractivity contribution < 1.29 is 4.39 Å². The van der Waals surface area contributed by atoms with Crippen molar-refractivity contribution in [2.45, 2.75) is 13.8 Å². The summed E-state index contributed by atoms with van der Waals surface area (Å²) in [7, 11) is 1.67. The lowest BCUT2D eigenvalue weighted by atomic mass is 10.4. The lowest BCUT2D eigenvalue weighted by Crippen LogP contribution is -1.91. The Labute approximate surface area is 66.5 Å². The van der Waals surface area contributed by atoms with E-state index >= 15 is 0 Å². The van der Waals surface area contributed by atoms with Crippen LogP contribution in [-0.2, 0) is 0 Å². The number of aromatic nitrogens is 1. The van der Waals surface area contributed by atoms with Gasteiger partial charge in [0.2, 0.25) is 0 Å². The number of nitrogens with zero attached hydrogens (tertiary/aromatic N) is 1. The minimum Gasteiger partial charge on any atom is -0.386 e. The van der Waals surface area contributed by atoms with Crippen LogP contribution in [0, 0.1) is 5.82 Å². The maximum atomic E-state index is 12.5. The third kappa shape index (κ3) is 2.98. The van der Waals surface area contributed by atoms with Gasteiger partial charge < -0.3 is 5.32 Å². The molecule has 2 nitrogen and oxygen atoms in total. The van der Waals surface area contributed by atoms with E-state index in [2.05, 4.69) is 10.3 Å². The summed E-state index contributed by atoms with van der Waals surface area (Å²) in [6.45, 7) is 4.00. The largest absolute Gasteiger partial charge is 0.386 e. The number of hydrogen-bond donors (Lipinski definition) is 1. The highest BCUT2D eigenvalue weighted by atomic mass is 19.1. The Kier molecular flexibility index (Phi) is 5.07. The molecule has 1 N–H and O–H groups in total. The van der Waals surface area contributed by atoms with Crippen LogP contribution in [-0.4, -0.2) is 12.0 Å². The van der Waals surface area contributed by atoms with Gasteiger partial charge in [-0.15, -0.1) is 0 Å². The Hall–Kier alpha value is -1.12. The first kappa shape index (κ1) is 9.88. The lowest BCUT2D eigenvalue weighted by molar-refractivity contribution is 0.625. The second kappa shape index (κ2) is 5.65. The quantitative estimate of drug-likeness (QED) is 0.674. The van der Waals surface area contributed by atoms with Crippen molar-refractivity contribution in [2.24, 2.45) is 0 Å². The Morgan fingerprint density at radius 3 is 2.45 bits per heavy atom. The number of pyridine rings is 1. The van der Waals surface area contributed by atoms with Gasteiger partial charge in [-0.05, 0) is 6.07 Å². The fourth-order valence-corrected chi connectivity index (χ4v) is 0.578. The van der Waals surface area contributed by atoms with Crippen LogP contribution in [0.5, 0.6) is 0 Å². The molecular weight excluding hydrogens is 143 g/mol. The molecule has 0 saturated carbocycles. The molecule has 0 atom stereocenters. The SMILES string of the molecule is CC.CNc1ccncc1F. The molecule has 0 unspecified atom stereocenters. The van der Waals surface area contributed by atoms with Crippen LogP contribution in [0.4, 0.5) is 10.1 Å². The first-order valence-electron chi connectivity index (χ1n) is 3.62. The molecule has 0 saturated heterocycles. The summed E-state index contributed by atoms with van der Waals surface area (Å²) in [5.74, 6) is -0.319. The summed E-state index contributed by atoms with van der Waals surface area (Å²) in [4.78, 5) is 3.58. The van der Waals surface area contributed by atoms with Crippen LogP contribution in [0.15, 0.2) is 18.5 Å². The summed E-state index contributed by atoms with van der Waals surface area (Å²) in [6.07, 6.45) is 2.71. The molecule has 3 heteroatoms. The number of hydrogen-bond acceptors (Lipinski definition) is 2. The third-order valence-corrected chi connectivity index (χ3v) is 1.04. The van der Waals surface area contributed by atoms with Crippen LogP contribution in [0.25, 0.3) is 0 Å². The van der Waals surface area contributed by atoms with E-state index < -0.39 is 0 Å². The molecule has 1 heterocycles. The van der Waals surface area contributed by atoms with Gasteiger partial charge in [-0.1, -0.05) is 13.8 Å². The predicted molar refractivity (Wildman–Crippen MR) is 45.1 cm³/mol. The first-order valence-corrected chi connectivity index (χ1v) is 3.62. The van der Waals surface area contributed by atoms with E-state index in [1.54, 1.807) is 13.1 Å². The van der Waals surface area contributed by atoms with Gasteiger partial charge in [0, 0.05) is 13.2 Å². The Morgan fingerprint density at radius 1 is 1.45 bits per heavy atom. The van der Waals surface area contributed by atoms with Gasteiger partial charge in [0.05, 0.1) is 11.9 Å². The number of anilines is 1. The fourth-order valence-electron chi connectivity index (χ4n) is 0.578. The van der Waals surface area contributed by atoms with Gasteiger partial charge >= 0.3 is 0 Å². The molecule has 1 rings (SSSR count). The smallest absolute Gasteiger partial charge is 0.164 e. The normalized spacial score (nSPS) is 8.00. The zero-order valence-corrected chi connectivity index (χ0v) is 7.06. The van der Waals surface area contributed by atoms with Crippen molar-refractivity contribution in [3.05, 3.63) is 24.3 Å². The molecule has 0 fully saturated rings. The predicted octanol–water partition coefficient (Wildman–Crippen LogP) is 2.29. The summed E-state index contributed by atoms with van der Waals surface area (Å²) in [5.41, 5.74) is 0.477. The monoisotopic (exact) mass is 156 g/mol. The van der Waals surface area contributed by atoms with E-state index in [4.69, 9.17) is 0 Å². The molecule has 11 heavy (non-hydrogen) atoms. The summed E-state index contributed by atoms with van der Waals surface area (Å²) in [6, 6.07) is 1.58. The zero-order chi connectivity index (χ0) is 8.69. The van der Waals surface area contributed by atoms with Crippen LogP contribution < -0.4 is 5.32 Å². The van der Waals surface area contributed by atoms with Crippen molar-refractivity contribution in [2.75, 3.05) is 12.4 Å². The lowest BCUT2D eigenvalue weighted by Gasteiger charge is -1.97. The molecule has 0 aromatic carbocycles. The van der Waals surface area contributed by atoms with Crippen LogP contribution in [0.1, 0.15) is 13.8 Å². The van der Waals surface area contributed by atoms with E-state index in [1.165, 1.54) is 12.4 Å². The van der Waals surface area contributed by atoms with Crippen molar-refractivity contribution >= 4 is 5.69 Å². The molecule has 62 valence electrons. The molecule has 0 amide bonds. The third-order valence-electron chi connectivity index (χ3n) is 1.04. The molecule has 0 aliphatic rings. The highest BCUT2D eigenvalue weighted by Gasteiger charge is 1.94. The zero-order valence-electron chi connectivity index (χ0n) is 7.06. The average Bonchev–Trinajstić information content (AvgIpc) is 2.09. The van der Waals surface area contributed by atoms with E-state index in [1.807, 2.05) is 13.8 Å². The van der Waals surface area contributed by atoms with Gasteiger partial charge in [-0.25, -0.2) is 4.39 Å². The molecule has 0 radical (unpaired) electrons. The number of halogens is 1. The summed E-state index contributed by atoms with van der Waals surface area (Å²) < 4.78 is 12.5. The fraction of sp³-hybridized carbons (Fsp3) is 0.375. The van der Waals surface area contributed by atoms with Gasteiger partial charge in [-0.2, -0.15) is 0 Å². The average molecular weight is 156 g/mol. The number of rotatable bonds is 1. The second-order valence-electron chi connectivity index (χ2n) is 1.61. The maximum Gasteiger partial charge on any atom is 0.164 e. The molecule has 1 aromatic heterocycles. The summed E-state index contributed by atoms with van der Waals surface area (Å²) >= 11 is 0. The second-order valence-corrected chi connectivity index (χ2v) is 1.61. The highest BCUT2D eigenvalue weighted by Crippen LogP contribution is 2.08. The van der Waals surface area contributed by atoms with E-state index in [0.717, 1.165) is 0 Å². The molecule has 1 aromatic rings. The van der Waals surface area contributed by atoms with Crippen molar-refractivity contribution in [1.29, 1.82) is 0 Å². The molecule has 0 aliphatic heterocycles. The van der Waals surface area contributed by atoms with Crippen LogP contribution >= 0.6 is 0 Å². The molecular formula is C8H13FN2. The van der Waals surface area contributed by atoms with Gasteiger partial charge in [0.1, 0.15) is 0 Å². The van der Waals surface area contributed by atoms with E-state index in [-0.39, 0.29) is 5.82 Å². The maximum absolute atomic E-state index is 12.5. The topological polar surface area (TPSA) is 24.9 Å². The Balaban J connectivity index is 0.000000461. The minimum absolute atomic E-state index is 0.319. The van der Waals surface area contributed by atoms with Crippen molar-refractivity contribution in [3.63, 3.8) is 0 Å². The molecule has 0 bridgehead atoms. The van der Waals surface area contributed by atoms with Gasteiger partial charge in [-0.3, -0.25) is 4.98 Å². The first-order chi connectivity index (χ1) is 5.34. The van der Waals surface area contributed by atoms with Crippen LogP contribution in [0.3, 0.4) is 0 Å². The Morgan fingerprint density at radius 2 is 2.09 bits per heavy atom. The number of nitrogens with one attached hydrogen (secondary N) is 1. The van der Waals surface area contributed by atoms with Crippen molar-refractivity contribution in [3.8, 4) is 0 Å². The summed E-state index contributed by atoms with van der Waals surface area (Å²) in [5, 5.41) is 2.68. The van der Waals surface area contributed by atoms with Gasteiger partial charge in [0.25, 0.3) is 0 Å². The molecule has 0 spiro atoms. The minimum atomic E-state index is -0.319. The standard InChI is InChI=1S/C6H7FN2.C2H6/c1-8-6-2-3-9-4-5(6)7;1-2/h2-4H,1H3,(H,8,9);1-2H3. The van der Waals surface area contributed by atoms with Crippen LogP contribution in [0.2, 0.25) is 0 Å². The Bertz CT molecular complexity index is 201. The van der Waals surface area contributed by atoms with Crippen molar-refractivity contribution in [1.82, 2.24) is 4.98 Å².